The molecule has 150 valence electrons. The third-order valence-corrected chi connectivity index (χ3v) is 5.17. The van der Waals surface area contributed by atoms with E-state index in [0.717, 1.165) is 33.0 Å². The van der Waals surface area contributed by atoms with E-state index in [-0.39, 0.29) is 12.0 Å². The number of nitrogens with one attached hydrogen (secondary N) is 1. The molecule has 3 aromatic carbocycles. The van der Waals surface area contributed by atoms with Crippen molar-refractivity contribution in [3.63, 3.8) is 0 Å². The van der Waals surface area contributed by atoms with Gasteiger partial charge in [-0.3, -0.25) is 4.79 Å². The van der Waals surface area contributed by atoms with Gasteiger partial charge in [-0.25, -0.2) is 5.43 Å². The van der Waals surface area contributed by atoms with Gasteiger partial charge in [-0.05, 0) is 75.9 Å². The molecule has 6 heteroatoms. The van der Waals surface area contributed by atoms with Crippen LogP contribution in [0.2, 0.25) is 0 Å². The Hall–Kier alpha value is -2.86. The number of carbonyl (C=O) groups excluding carboxylic acids is 1. The van der Waals surface area contributed by atoms with E-state index >= 15 is 0 Å². The third-order valence-electron chi connectivity index (χ3n) is 4.55. The first kappa shape index (κ1) is 20.9. The number of rotatable bonds is 7. The van der Waals surface area contributed by atoms with E-state index < -0.39 is 0 Å². The summed E-state index contributed by atoms with van der Waals surface area (Å²) >= 11 is 3.51. The van der Waals surface area contributed by atoms with Gasteiger partial charge in [0.15, 0.2) is 0 Å². The highest BCUT2D eigenvalue weighted by atomic mass is 79.9. The minimum atomic E-state index is -0.334. The molecule has 0 bridgehead atoms. The lowest BCUT2D eigenvalue weighted by atomic mass is 10.1. The smallest absolute Gasteiger partial charge is 0.275 e. The molecule has 5 nitrogen and oxygen atoms in total. The summed E-state index contributed by atoms with van der Waals surface area (Å²) in [7, 11) is 1.55. The molecular weight excluding hydrogens is 432 g/mol. The number of hydrogen-bond donors (Lipinski definition) is 1. The van der Waals surface area contributed by atoms with Crippen molar-refractivity contribution in [2.24, 2.45) is 5.10 Å². The number of carbonyl (C=O) groups is 1. The van der Waals surface area contributed by atoms with Gasteiger partial charge < -0.3 is 9.47 Å². The average Bonchev–Trinajstić information content (AvgIpc) is 2.74. The molecule has 29 heavy (non-hydrogen) atoms. The first-order valence-corrected chi connectivity index (χ1v) is 10.2. The molecule has 0 radical (unpaired) electrons. The van der Waals surface area contributed by atoms with Crippen LogP contribution >= 0.6 is 15.9 Å². The monoisotopic (exact) mass is 454 g/mol. The topological polar surface area (TPSA) is 59.9 Å². The summed E-state index contributed by atoms with van der Waals surface area (Å²) in [4.78, 5) is 12.6. The molecule has 0 aliphatic carbocycles. The van der Waals surface area contributed by atoms with Gasteiger partial charge in [-0.1, -0.05) is 31.2 Å². The van der Waals surface area contributed by atoms with Crippen molar-refractivity contribution in [3.8, 4) is 11.5 Å². The predicted octanol–water partition coefficient (Wildman–Crippen LogP) is 5.55. The van der Waals surface area contributed by atoms with E-state index in [9.17, 15) is 4.79 Å². The number of benzene rings is 3. The van der Waals surface area contributed by atoms with Gasteiger partial charge in [0.1, 0.15) is 11.5 Å². The standard InChI is InChI=1S/C23H23BrN2O3/c1-4-15(2)29-21-10-9-16(11-20(21)24)14-25-26-23(27)19-12-17-7-5-6-8-18(17)13-22(19)28-3/h5-15H,4H2,1-3H3,(H,26,27). The number of halogens is 1. The number of amides is 1. The summed E-state index contributed by atoms with van der Waals surface area (Å²) in [6.07, 6.45) is 2.66. The first-order chi connectivity index (χ1) is 14.0. The van der Waals surface area contributed by atoms with Crippen LogP contribution in [0.5, 0.6) is 11.5 Å². The zero-order valence-corrected chi connectivity index (χ0v) is 18.2. The normalized spacial score (nSPS) is 12.1. The molecular formula is C23H23BrN2O3. The highest BCUT2D eigenvalue weighted by Gasteiger charge is 2.13. The quantitative estimate of drug-likeness (QED) is 0.375. The predicted molar refractivity (Wildman–Crippen MR) is 120 cm³/mol. The molecule has 0 aliphatic heterocycles. The van der Waals surface area contributed by atoms with Gasteiger partial charge in [-0.15, -0.1) is 0 Å². The minimum absolute atomic E-state index is 0.141. The number of fused-ring (bicyclic) bond motifs is 1. The Morgan fingerprint density at radius 3 is 2.52 bits per heavy atom. The molecule has 0 aromatic heterocycles. The number of methoxy groups -OCH3 is 1. The fourth-order valence-corrected chi connectivity index (χ4v) is 3.27. The lowest BCUT2D eigenvalue weighted by Gasteiger charge is -2.14. The van der Waals surface area contributed by atoms with Crippen molar-refractivity contribution in [2.45, 2.75) is 26.4 Å². The Morgan fingerprint density at radius 2 is 1.86 bits per heavy atom. The Bertz CT molecular complexity index is 1050. The van der Waals surface area contributed by atoms with E-state index in [0.29, 0.717) is 11.3 Å². The molecule has 1 N–H and O–H groups in total. The maximum Gasteiger partial charge on any atom is 0.275 e. The van der Waals surface area contributed by atoms with Gasteiger partial charge in [0, 0.05) is 0 Å². The molecule has 0 saturated carbocycles. The minimum Gasteiger partial charge on any atom is -0.496 e. The van der Waals surface area contributed by atoms with Crippen molar-refractivity contribution in [1.82, 2.24) is 5.43 Å². The summed E-state index contributed by atoms with van der Waals surface area (Å²) in [5.41, 5.74) is 3.83. The van der Waals surface area contributed by atoms with Gasteiger partial charge in [0.05, 0.1) is 29.5 Å². The summed E-state index contributed by atoms with van der Waals surface area (Å²) in [6.45, 7) is 4.10. The Labute approximate surface area is 178 Å². The SMILES string of the molecule is CCC(C)Oc1ccc(C=NNC(=O)c2cc3ccccc3cc2OC)cc1Br. The maximum atomic E-state index is 12.6. The highest BCUT2D eigenvalue weighted by molar-refractivity contribution is 9.10. The summed E-state index contributed by atoms with van der Waals surface area (Å²) in [5.74, 6) is 0.951. The van der Waals surface area contributed by atoms with Gasteiger partial charge in [0.25, 0.3) is 5.91 Å². The number of nitrogens with zero attached hydrogens (tertiary/aromatic N) is 1. The number of hydrazone groups is 1. The zero-order valence-electron chi connectivity index (χ0n) is 16.6. The highest BCUT2D eigenvalue weighted by Crippen LogP contribution is 2.27. The van der Waals surface area contributed by atoms with Crippen molar-refractivity contribution < 1.29 is 14.3 Å². The van der Waals surface area contributed by atoms with Crippen LogP contribution in [0.1, 0.15) is 36.2 Å². The molecule has 0 aliphatic rings. The zero-order chi connectivity index (χ0) is 20.8. The number of hydrogen-bond acceptors (Lipinski definition) is 4. The van der Waals surface area contributed by atoms with Crippen molar-refractivity contribution in [1.29, 1.82) is 0 Å². The molecule has 0 heterocycles. The molecule has 3 aromatic rings. The molecule has 3 rings (SSSR count). The van der Waals surface area contributed by atoms with Crippen LogP contribution in [-0.2, 0) is 0 Å². The maximum absolute atomic E-state index is 12.6. The fourth-order valence-electron chi connectivity index (χ4n) is 2.78. The second kappa shape index (κ2) is 9.56. The average molecular weight is 455 g/mol. The van der Waals surface area contributed by atoms with Crippen LogP contribution in [0.4, 0.5) is 0 Å². The fraction of sp³-hybridized carbons (Fsp3) is 0.217. The van der Waals surface area contributed by atoms with Crippen LogP contribution in [0.15, 0.2) is 64.2 Å². The Balaban J connectivity index is 1.73. The summed E-state index contributed by atoms with van der Waals surface area (Å²) < 4.78 is 12.0. The second-order valence-electron chi connectivity index (χ2n) is 6.63. The van der Waals surface area contributed by atoms with E-state index in [1.807, 2.05) is 55.5 Å². The molecule has 0 spiro atoms. The Morgan fingerprint density at radius 1 is 1.14 bits per heavy atom. The van der Waals surface area contributed by atoms with Crippen molar-refractivity contribution in [2.75, 3.05) is 7.11 Å². The molecule has 1 atom stereocenters. The molecule has 1 amide bonds. The second-order valence-corrected chi connectivity index (χ2v) is 7.48. The van der Waals surface area contributed by atoms with Crippen LogP contribution in [0.3, 0.4) is 0 Å². The van der Waals surface area contributed by atoms with E-state index in [1.165, 1.54) is 0 Å². The summed E-state index contributed by atoms with van der Waals surface area (Å²) in [5, 5.41) is 6.05. The van der Waals surface area contributed by atoms with Crippen LogP contribution in [0.25, 0.3) is 10.8 Å². The van der Waals surface area contributed by atoms with E-state index in [4.69, 9.17) is 9.47 Å². The molecule has 1 unspecified atom stereocenters. The van der Waals surface area contributed by atoms with Gasteiger partial charge in [0.2, 0.25) is 0 Å². The van der Waals surface area contributed by atoms with Crippen LogP contribution in [-0.4, -0.2) is 25.3 Å². The van der Waals surface area contributed by atoms with E-state index in [1.54, 1.807) is 19.4 Å². The lowest BCUT2D eigenvalue weighted by Crippen LogP contribution is -2.18. The Kier molecular flexibility index (Phi) is 6.88. The molecule has 0 fully saturated rings. The van der Waals surface area contributed by atoms with Gasteiger partial charge >= 0.3 is 0 Å². The largest absolute Gasteiger partial charge is 0.496 e. The van der Waals surface area contributed by atoms with Crippen LogP contribution in [0, 0.1) is 0 Å². The van der Waals surface area contributed by atoms with Crippen LogP contribution < -0.4 is 14.9 Å². The lowest BCUT2D eigenvalue weighted by molar-refractivity contribution is 0.0952. The van der Waals surface area contributed by atoms with Crippen molar-refractivity contribution >= 4 is 38.8 Å². The first-order valence-electron chi connectivity index (χ1n) is 9.38. The van der Waals surface area contributed by atoms with Crippen molar-refractivity contribution in [3.05, 3.63) is 70.2 Å². The number of ether oxygens (including phenoxy) is 2. The third kappa shape index (κ3) is 5.15. The van der Waals surface area contributed by atoms with Gasteiger partial charge in [-0.2, -0.15) is 5.10 Å². The van der Waals surface area contributed by atoms with E-state index in [2.05, 4.69) is 33.4 Å². The summed E-state index contributed by atoms with van der Waals surface area (Å²) in [6, 6.07) is 17.1. The molecule has 0 saturated heterocycles.